The molecular weight excluding hydrogens is 218 g/mol. The molecule has 2 aromatic heterocycles. The first-order valence-corrected chi connectivity index (χ1v) is 5.04. The zero-order valence-corrected chi connectivity index (χ0v) is 8.70. The number of hydrogen-bond donors (Lipinski definition) is 0. The first-order valence-electron chi connectivity index (χ1n) is 5.04. The van der Waals surface area contributed by atoms with E-state index in [4.69, 9.17) is 0 Å². The summed E-state index contributed by atoms with van der Waals surface area (Å²) in [6.07, 6.45) is 3.08. The molecule has 0 unspecified atom stereocenters. The average Bonchev–Trinajstić information content (AvgIpc) is 2.37. The van der Waals surface area contributed by atoms with Crippen molar-refractivity contribution in [3.63, 3.8) is 0 Å². The Hall–Kier alpha value is -2.56. The highest BCUT2D eigenvalue weighted by Crippen LogP contribution is 2.29. The molecule has 0 saturated heterocycles. The van der Waals surface area contributed by atoms with Crippen molar-refractivity contribution in [3.8, 4) is 0 Å². The zero-order valence-electron chi connectivity index (χ0n) is 8.70. The monoisotopic (exact) mass is 225 g/mol. The van der Waals surface area contributed by atoms with Crippen LogP contribution in [0.4, 0.5) is 5.69 Å². The zero-order chi connectivity index (χ0) is 11.8. The van der Waals surface area contributed by atoms with Crippen LogP contribution in [0.25, 0.3) is 21.8 Å². The van der Waals surface area contributed by atoms with E-state index in [1.807, 2.05) is 24.3 Å². The van der Waals surface area contributed by atoms with Crippen LogP contribution in [0.2, 0.25) is 0 Å². The van der Waals surface area contributed by atoms with Gasteiger partial charge in [-0.25, -0.2) is 9.97 Å². The Labute approximate surface area is 95.9 Å². The molecule has 17 heavy (non-hydrogen) atoms. The fraction of sp³-hybridized carbons (Fsp3) is 0. The van der Waals surface area contributed by atoms with Gasteiger partial charge >= 0.3 is 0 Å². The molecule has 0 atom stereocenters. The van der Waals surface area contributed by atoms with Gasteiger partial charge < -0.3 is 0 Å². The second-order valence-corrected chi connectivity index (χ2v) is 3.63. The number of nitrogens with zero attached hydrogens (tertiary/aromatic N) is 3. The summed E-state index contributed by atoms with van der Waals surface area (Å²) < 4.78 is 0. The van der Waals surface area contributed by atoms with Crippen LogP contribution in [-0.2, 0) is 0 Å². The quantitative estimate of drug-likeness (QED) is 0.362. The van der Waals surface area contributed by atoms with E-state index in [9.17, 15) is 10.1 Å². The summed E-state index contributed by atoms with van der Waals surface area (Å²) in [7, 11) is 0. The van der Waals surface area contributed by atoms with E-state index in [2.05, 4.69) is 9.97 Å². The van der Waals surface area contributed by atoms with Gasteiger partial charge in [-0.05, 0) is 0 Å². The van der Waals surface area contributed by atoms with Crippen molar-refractivity contribution in [1.82, 2.24) is 9.97 Å². The van der Waals surface area contributed by atoms with Crippen LogP contribution in [-0.4, -0.2) is 14.9 Å². The molecule has 0 aliphatic carbocycles. The first-order chi connectivity index (χ1) is 8.27. The summed E-state index contributed by atoms with van der Waals surface area (Å²) in [4.78, 5) is 18.8. The number of benzene rings is 1. The molecule has 82 valence electrons. The second-order valence-electron chi connectivity index (χ2n) is 3.63. The van der Waals surface area contributed by atoms with Gasteiger partial charge in [0.1, 0.15) is 5.39 Å². The molecule has 3 rings (SSSR count). The van der Waals surface area contributed by atoms with E-state index in [0.29, 0.717) is 11.0 Å². The number of rotatable bonds is 1. The van der Waals surface area contributed by atoms with Crippen molar-refractivity contribution in [2.24, 2.45) is 0 Å². The van der Waals surface area contributed by atoms with Crippen LogP contribution in [0.1, 0.15) is 0 Å². The lowest BCUT2D eigenvalue weighted by atomic mass is 10.1. The Morgan fingerprint density at radius 3 is 2.76 bits per heavy atom. The highest BCUT2D eigenvalue weighted by atomic mass is 16.6. The van der Waals surface area contributed by atoms with Crippen molar-refractivity contribution in [2.75, 3.05) is 0 Å². The molecular formula is C12H7N3O2. The third kappa shape index (κ3) is 1.40. The third-order valence-corrected chi connectivity index (χ3v) is 2.66. The van der Waals surface area contributed by atoms with Crippen LogP contribution in [0.5, 0.6) is 0 Å². The minimum atomic E-state index is -0.405. The summed E-state index contributed by atoms with van der Waals surface area (Å²) >= 11 is 0. The van der Waals surface area contributed by atoms with Crippen molar-refractivity contribution >= 4 is 27.5 Å². The Balaban J connectivity index is 2.59. The summed E-state index contributed by atoms with van der Waals surface area (Å²) in [5.41, 5.74) is 0.442. The predicted molar refractivity (Wildman–Crippen MR) is 63.7 cm³/mol. The number of aromatic nitrogens is 2. The maximum Gasteiger partial charge on any atom is 0.282 e. The van der Waals surface area contributed by atoms with Gasteiger partial charge in [0.05, 0.1) is 4.92 Å². The maximum absolute atomic E-state index is 11.0. The molecule has 5 nitrogen and oxygen atoms in total. The lowest BCUT2D eigenvalue weighted by Gasteiger charge is -2.02. The second kappa shape index (κ2) is 3.48. The smallest absolute Gasteiger partial charge is 0.258 e. The molecule has 0 saturated carbocycles. The Kier molecular flexibility index (Phi) is 1.98. The highest BCUT2D eigenvalue weighted by molar-refractivity contribution is 6.08. The standard InChI is InChI=1S/C12H7N3O2/c16-15(17)10-5-6-13-12-11(10)9-4-2-1-3-8(9)7-14-12/h1-7H. The fourth-order valence-corrected chi connectivity index (χ4v) is 1.92. The third-order valence-electron chi connectivity index (χ3n) is 2.66. The van der Waals surface area contributed by atoms with Gasteiger partial charge in [-0.2, -0.15) is 0 Å². The molecule has 0 fully saturated rings. The molecule has 0 N–H and O–H groups in total. The van der Waals surface area contributed by atoms with Gasteiger partial charge in [-0.3, -0.25) is 10.1 Å². The lowest BCUT2D eigenvalue weighted by molar-refractivity contribution is -0.383. The normalized spacial score (nSPS) is 10.8. The number of hydrogen-bond acceptors (Lipinski definition) is 4. The number of fused-ring (bicyclic) bond motifs is 3. The van der Waals surface area contributed by atoms with E-state index >= 15 is 0 Å². The molecule has 5 heteroatoms. The SMILES string of the molecule is O=[N+]([O-])c1ccnc2ncc3ccccc3c12. The number of pyridine rings is 2. The molecule has 0 amide bonds. The molecule has 2 heterocycles. The Morgan fingerprint density at radius 1 is 1.12 bits per heavy atom. The van der Waals surface area contributed by atoms with E-state index in [-0.39, 0.29) is 5.69 Å². The summed E-state index contributed by atoms with van der Waals surface area (Å²) in [6, 6.07) is 8.83. The molecule has 0 aliphatic rings. The maximum atomic E-state index is 11.0. The van der Waals surface area contributed by atoms with Gasteiger partial charge in [0.2, 0.25) is 0 Å². The van der Waals surface area contributed by atoms with Crippen LogP contribution in [0.3, 0.4) is 0 Å². The van der Waals surface area contributed by atoms with Crippen molar-refractivity contribution in [2.45, 2.75) is 0 Å². The largest absolute Gasteiger partial charge is 0.282 e. The van der Waals surface area contributed by atoms with Gasteiger partial charge in [0, 0.05) is 29.2 Å². The van der Waals surface area contributed by atoms with Gasteiger partial charge in [0.25, 0.3) is 5.69 Å². The topological polar surface area (TPSA) is 68.9 Å². The molecule has 1 aromatic carbocycles. The summed E-state index contributed by atoms with van der Waals surface area (Å²) in [5.74, 6) is 0. The van der Waals surface area contributed by atoms with Crippen LogP contribution < -0.4 is 0 Å². The van der Waals surface area contributed by atoms with Crippen molar-refractivity contribution < 1.29 is 4.92 Å². The first kappa shape index (κ1) is 9.65. The van der Waals surface area contributed by atoms with Crippen molar-refractivity contribution in [3.05, 3.63) is 52.8 Å². The molecule has 0 spiro atoms. The predicted octanol–water partition coefficient (Wildman–Crippen LogP) is 2.69. The lowest BCUT2D eigenvalue weighted by Crippen LogP contribution is -1.93. The van der Waals surface area contributed by atoms with E-state index in [0.717, 1.165) is 10.8 Å². The number of nitro groups is 1. The average molecular weight is 225 g/mol. The molecule has 0 aliphatic heterocycles. The molecule has 0 bridgehead atoms. The Morgan fingerprint density at radius 2 is 1.94 bits per heavy atom. The van der Waals surface area contributed by atoms with Crippen LogP contribution in [0, 0.1) is 10.1 Å². The summed E-state index contributed by atoms with van der Waals surface area (Å²) in [5, 5.41) is 13.2. The minimum absolute atomic E-state index is 0.0410. The van der Waals surface area contributed by atoms with Crippen LogP contribution >= 0.6 is 0 Å². The fourth-order valence-electron chi connectivity index (χ4n) is 1.92. The summed E-state index contributed by atoms with van der Waals surface area (Å²) in [6.45, 7) is 0. The Bertz CT molecular complexity index is 740. The van der Waals surface area contributed by atoms with E-state index < -0.39 is 4.92 Å². The minimum Gasteiger partial charge on any atom is -0.258 e. The van der Waals surface area contributed by atoms with Crippen molar-refractivity contribution in [1.29, 1.82) is 0 Å². The van der Waals surface area contributed by atoms with Crippen LogP contribution in [0.15, 0.2) is 42.7 Å². The highest BCUT2D eigenvalue weighted by Gasteiger charge is 2.15. The van der Waals surface area contributed by atoms with E-state index in [1.54, 1.807) is 6.20 Å². The van der Waals surface area contributed by atoms with Gasteiger partial charge in [0.15, 0.2) is 5.65 Å². The van der Waals surface area contributed by atoms with Gasteiger partial charge in [-0.15, -0.1) is 0 Å². The van der Waals surface area contributed by atoms with Gasteiger partial charge in [-0.1, -0.05) is 24.3 Å². The molecule has 0 radical (unpaired) electrons. The van der Waals surface area contributed by atoms with E-state index in [1.165, 1.54) is 12.3 Å². The molecule has 3 aromatic rings.